The number of nitrogens with one attached hydrogen (secondary N) is 2. The van der Waals surface area contributed by atoms with E-state index in [0.29, 0.717) is 23.6 Å². The highest BCUT2D eigenvalue weighted by molar-refractivity contribution is 5.80. The second-order valence-corrected chi connectivity index (χ2v) is 7.21. The van der Waals surface area contributed by atoms with Crippen molar-refractivity contribution in [2.45, 2.75) is 32.4 Å². The maximum atomic E-state index is 14.2. The number of aliphatic imine (C=N–C) groups is 1. The quantitative estimate of drug-likeness (QED) is 0.565. The molecule has 1 unspecified atom stereocenters. The van der Waals surface area contributed by atoms with Gasteiger partial charge in [0.1, 0.15) is 11.6 Å². The first-order chi connectivity index (χ1) is 14.6. The molecule has 0 radical (unpaired) electrons. The zero-order chi connectivity index (χ0) is 21.3. The number of rotatable bonds is 6. The Hall–Kier alpha value is -3.27. The fraction of sp³-hybridized carbons (Fsp3) is 0.391. The molecule has 0 aromatic heterocycles. The molecule has 1 fully saturated rings. The maximum Gasteiger partial charge on any atom is 0.191 e. The number of para-hydroxylation sites is 2. The molecule has 1 saturated heterocycles. The van der Waals surface area contributed by atoms with Crippen molar-refractivity contribution < 1.29 is 9.13 Å². The summed E-state index contributed by atoms with van der Waals surface area (Å²) in [7, 11) is 1.69. The summed E-state index contributed by atoms with van der Waals surface area (Å²) in [5, 5.41) is 15.6. The summed E-state index contributed by atoms with van der Waals surface area (Å²) in [4.78, 5) is 6.88. The number of nitriles is 1. The van der Waals surface area contributed by atoms with Gasteiger partial charge in [-0.1, -0.05) is 18.2 Å². The van der Waals surface area contributed by atoms with Crippen LogP contribution in [0.25, 0.3) is 0 Å². The minimum absolute atomic E-state index is 0.204. The van der Waals surface area contributed by atoms with E-state index in [9.17, 15) is 4.39 Å². The smallest absolute Gasteiger partial charge is 0.191 e. The van der Waals surface area contributed by atoms with Gasteiger partial charge in [0.2, 0.25) is 0 Å². The van der Waals surface area contributed by atoms with Crippen molar-refractivity contribution in [3.63, 3.8) is 0 Å². The van der Waals surface area contributed by atoms with Crippen LogP contribution < -0.4 is 20.3 Å². The highest BCUT2D eigenvalue weighted by atomic mass is 19.1. The van der Waals surface area contributed by atoms with Crippen molar-refractivity contribution >= 4 is 11.6 Å². The number of piperidine rings is 1. The first kappa shape index (κ1) is 21.4. The van der Waals surface area contributed by atoms with Gasteiger partial charge in [0, 0.05) is 31.2 Å². The molecule has 7 heteroatoms. The van der Waals surface area contributed by atoms with Crippen molar-refractivity contribution in [3.05, 3.63) is 59.4 Å². The topological polar surface area (TPSA) is 72.7 Å². The maximum absolute atomic E-state index is 14.2. The minimum Gasteiger partial charge on any atom is -0.495 e. The first-order valence-electron chi connectivity index (χ1n) is 10.3. The molecule has 158 valence electrons. The molecule has 0 saturated carbocycles. The van der Waals surface area contributed by atoms with E-state index in [2.05, 4.69) is 26.6 Å². The van der Waals surface area contributed by atoms with Crippen molar-refractivity contribution in [3.8, 4) is 11.8 Å². The highest BCUT2D eigenvalue weighted by Crippen LogP contribution is 2.29. The van der Waals surface area contributed by atoms with Crippen LogP contribution in [0.15, 0.2) is 47.5 Å². The van der Waals surface area contributed by atoms with Crippen LogP contribution in [0.4, 0.5) is 10.1 Å². The number of hydrogen-bond acceptors (Lipinski definition) is 4. The molecule has 3 rings (SSSR count). The highest BCUT2D eigenvalue weighted by Gasteiger charge is 2.22. The van der Waals surface area contributed by atoms with Crippen LogP contribution in [-0.4, -0.2) is 38.7 Å². The van der Waals surface area contributed by atoms with E-state index in [4.69, 9.17) is 10.00 Å². The molecule has 1 aliphatic heterocycles. The van der Waals surface area contributed by atoms with E-state index in [0.717, 1.165) is 37.4 Å². The van der Waals surface area contributed by atoms with Gasteiger partial charge < -0.3 is 20.3 Å². The monoisotopic (exact) mass is 409 g/mol. The molecular weight excluding hydrogens is 381 g/mol. The van der Waals surface area contributed by atoms with Gasteiger partial charge >= 0.3 is 0 Å². The molecular formula is C23H28FN5O. The largest absolute Gasteiger partial charge is 0.495 e. The van der Waals surface area contributed by atoms with E-state index >= 15 is 0 Å². The molecule has 0 amide bonds. The number of hydrogen-bond donors (Lipinski definition) is 2. The van der Waals surface area contributed by atoms with Gasteiger partial charge in [0.25, 0.3) is 0 Å². The lowest BCUT2D eigenvalue weighted by atomic mass is 10.0. The van der Waals surface area contributed by atoms with Crippen molar-refractivity contribution in [1.82, 2.24) is 10.6 Å². The van der Waals surface area contributed by atoms with Gasteiger partial charge in [-0.05, 0) is 44.0 Å². The van der Waals surface area contributed by atoms with Crippen LogP contribution in [0, 0.1) is 17.1 Å². The van der Waals surface area contributed by atoms with Crippen molar-refractivity contribution in [2.75, 3.05) is 31.6 Å². The zero-order valence-electron chi connectivity index (χ0n) is 17.5. The molecule has 30 heavy (non-hydrogen) atoms. The molecule has 2 aromatic rings. The van der Waals surface area contributed by atoms with Gasteiger partial charge in [-0.25, -0.2) is 9.38 Å². The number of methoxy groups -OCH3 is 1. The second kappa shape index (κ2) is 10.5. The second-order valence-electron chi connectivity index (χ2n) is 7.21. The Morgan fingerprint density at radius 1 is 1.33 bits per heavy atom. The normalized spacial score (nSPS) is 16.7. The Balaban J connectivity index is 1.68. The van der Waals surface area contributed by atoms with E-state index in [1.807, 2.05) is 31.2 Å². The van der Waals surface area contributed by atoms with Gasteiger partial charge in [-0.2, -0.15) is 5.26 Å². The fourth-order valence-electron chi connectivity index (χ4n) is 3.63. The van der Waals surface area contributed by atoms with Gasteiger partial charge in [0.15, 0.2) is 5.96 Å². The van der Waals surface area contributed by atoms with Crippen molar-refractivity contribution in [2.24, 2.45) is 4.99 Å². The predicted octanol–water partition coefficient (Wildman–Crippen LogP) is 3.43. The lowest BCUT2D eigenvalue weighted by Gasteiger charge is -2.36. The molecule has 1 aliphatic rings. The van der Waals surface area contributed by atoms with Crippen LogP contribution in [0.3, 0.4) is 0 Å². The molecule has 0 aliphatic carbocycles. The predicted molar refractivity (Wildman–Crippen MR) is 117 cm³/mol. The number of nitrogens with zero attached hydrogens (tertiary/aromatic N) is 3. The molecule has 2 aromatic carbocycles. The van der Waals surface area contributed by atoms with E-state index in [-0.39, 0.29) is 12.6 Å². The Morgan fingerprint density at radius 2 is 2.17 bits per heavy atom. The van der Waals surface area contributed by atoms with Crippen LogP contribution in [0.5, 0.6) is 5.75 Å². The van der Waals surface area contributed by atoms with Crippen LogP contribution in [0.2, 0.25) is 0 Å². The third kappa shape index (κ3) is 5.41. The van der Waals surface area contributed by atoms with Crippen LogP contribution in [0.1, 0.15) is 30.9 Å². The summed E-state index contributed by atoms with van der Waals surface area (Å²) in [5.41, 5.74) is 1.86. The average molecular weight is 410 g/mol. The molecule has 0 spiro atoms. The Morgan fingerprint density at radius 3 is 2.90 bits per heavy atom. The lowest BCUT2D eigenvalue weighted by Crippen LogP contribution is -2.51. The molecule has 6 nitrogen and oxygen atoms in total. The Kier molecular flexibility index (Phi) is 7.50. The number of guanidine groups is 1. The Labute approximate surface area is 177 Å². The lowest BCUT2D eigenvalue weighted by molar-refractivity contribution is 0.408. The number of halogens is 1. The van der Waals surface area contributed by atoms with Crippen molar-refractivity contribution in [1.29, 1.82) is 5.26 Å². The molecule has 1 atom stereocenters. The summed E-state index contributed by atoms with van der Waals surface area (Å²) in [6.45, 7) is 4.72. The zero-order valence-corrected chi connectivity index (χ0v) is 17.5. The van der Waals surface area contributed by atoms with E-state index in [1.165, 1.54) is 6.07 Å². The van der Waals surface area contributed by atoms with Gasteiger partial charge in [-0.15, -0.1) is 0 Å². The molecule has 0 bridgehead atoms. The van der Waals surface area contributed by atoms with Gasteiger partial charge in [-0.3, -0.25) is 0 Å². The van der Waals surface area contributed by atoms with Gasteiger partial charge in [0.05, 0.1) is 31.0 Å². The number of anilines is 1. The number of benzene rings is 2. The van der Waals surface area contributed by atoms with Crippen LogP contribution in [-0.2, 0) is 6.54 Å². The summed E-state index contributed by atoms with van der Waals surface area (Å²) in [6, 6.07) is 14.7. The molecule has 1 heterocycles. The number of ether oxygens (including phenoxy) is 1. The average Bonchev–Trinajstić information content (AvgIpc) is 2.78. The molecule has 2 N–H and O–H groups in total. The first-order valence-corrected chi connectivity index (χ1v) is 10.3. The standard InChI is InChI=1S/C23H28FN5O/c1-3-26-23(27-15-18-11-10-17(14-25)13-20(18)24)28-19-7-6-12-29(16-19)21-8-4-5-9-22(21)30-2/h4-5,8-11,13,19H,3,6-7,12,15-16H2,1-2H3,(H2,26,27,28). The summed E-state index contributed by atoms with van der Waals surface area (Å²) < 4.78 is 19.7. The Bertz CT molecular complexity index is 924. The summed E-state index contributed by atoms with van der Waals surface area (Å²) >= 11 is 0. The minimum atomic E-state index is -0.409. The third-order valence-corrected chi connectivity index (χ3v) is 5.12. The fourth-order valence-corrected chi connectivity index (χ4v) is 3.63. The summed E-state index contributed by atoms with van der Waals surface area (Å²) in [6.07, 6.45) is 2.08. The van der Waals surface area contributed by atoms with Crippen LogP contribution >= 0.6 is 0 Å². The van der Waals surface area contributed by atoms with E-state index < -0.39 is 5.82 Å². The SMILES string of the molecule is CCNC(=NCc1ccc(C#N)cc1F)NC1CCCN(c2ccccc2OC)C1. The summed E-state index contributed by atoms with van der Waals surface area (Å²) in [5.74, 6) is 1.12. The third-order valence-electron chi connectivity index (χ3n) is 5.12. The van der Waals surface area contributed by atoms with E-state index in [1.54, 1.807) is 19.2 Å².